The van der Waals surface area contributed by atoms with Gasteiger partial charge in [-0.2, -0.15) is 0 Å². The fourth-order valence-corrected chi connectivity index (χ4v) is 5.82. The first kappa shape index (κ1) is 21.4. The van der Waals surface area contributed by atoms with Gasteiger partial charge >= 0.3 is 0 Å². The third-order valence-electron chi connectivity index (χ3n) is 7.41. The summed E-state index contributed by atoms with van der Waals surface area (Å²) in [6.07, 6.45) is 7.45. The standard InChI is InChI=1S/C25H37N3O2/c1-2-14-27-15-6-12-25(24(27)30)13-7-16-28(25)23(29)19-21-10-17-26(18-11-21)20-22-8-4-3-5-9-22/h3-5,8-9,21H,2,6-7,10-20H2,1H3. The zero-order valence-electron chi connectivity index (χ0n) is 18.5. The van der Waals surface area contributed by atoms with Crippen LogP contribution in [0.1, 0.15) is 63.9 Å². The molecule has 1 aromatic rings. The second-order valence-corrected chi connectivity index (χ2v) is 9.49. The monoisotopic (exact) mass is 411 g/mol. The summed E-state index contributed by atoms with van der Waals surface area (Å²) in [6.45, 7) is 7.67. The largest absolute Gasteiger partial charge is 0.341 e. The molecule has 4 rings (SSSR count). The molecule has 0 radical (unpaired) electrons. The second-order valence-electron chi connectivity index (χ2n) is 9.49. The smallest absolute Gasteiger partial charge is 0.248 e. The van der Waals surface area contributed by atoms with E-state index < -0.39 is 5.54 Å². The molecule has 0 bridgehead atoms. The maximum atomic E-state index is 13.3. The van der Waals surface area contributed by atoms with Crippen LogP contribution in [0.3, 0.4) is 0 Å². The summed E-state index contributed by atoms with van der Waals surface area (Å²) in [4.78, 5) is 33.1. The molecule has 3 heterocycles. The van der Waals surface area contributed by atoms with Crippen LogP contribution in [-0.4, -0.2) is 64.8 Å². The van der Waals surface area contributed by atoms with Gasteiger partial charge in [0.15, 0.2) is 0 Å². The summed E-state index contributed by atoms with van der Waals surface area (Å²) in [5.41, 5.74) is 0.830. The number of hydrogen-bond donors (Lipinski definition) is 0. The number of carbonyl (C=O) groups is 2. The molecule has 3 aliphatic heterocycles. The van der Waals surface area contributed by atoms with Gasteiger partial charge in [-0.15, -0.1) is 0 Å². The number of benzene rings is 1. The number of hydrogen-bond acceptors (Lipinski definition) is 3. The Balaban J connectivity index is 1.32. The molecule has 0 N–H and O–H groups in total. The molecule has 3 aliphatic rings. The van der Waals surface area contributed by atoms with Gasteiger partial charge in [0, 0.05) is 32.6 Å². The van der Waals surface area contributed by atoms with Gasteiger partial charge in [-0.1, -0.05) is 37.3 Å². The SMILES string of the molecule is CCCN1CCCC2(CCCN2C(=O)CC2CCN(Cc3ccccc3)CC2)C1=O. The molecule has 1 unspecified atom stereocenters. The van der Waals surface area contributed by atoms with Crippen LogP contribution in [0, 0.1) is 5.92 Å². The van der Waals surface area contributed by atoms with Crippen molar-refractivity contribution in [1.82, 2.24) is 14.7 Å². The van der Waals surface area contributed by atoms with Gasteiger partial charge in [-0.3, -0.25) is 14.5 Å². The van der Waals surface area contributed by atoms with Crippen LogP contribution in [0.15, 0.2) is 30.3 Å². The average molecular weight is 412 g/mol. The van der Waals surface area contributed by atoms with E-state index in [-0.39, 0.29) is 11.8 Å². The highest BCUT2D eigenvalue weighted by Crippen LogP contribution is 2.39. The minimum Gasteiger partial charge on any atom is -0.341 e. The first-order valence-electron chi connectivity index (χ1n) is 12.0. The highest BCUT2D eigenvalue weighted by atomic mass is 16.2. The van der Waals surface area contributed by atoms with Crippen molar-refractivity contribution < 1.29 is 9.59 Å². The minimum absolute atomic E-state index is 0.221. The molecule has 3 fully saturated rings. The lowest BCUT2D eigenvalue weighted by Crippen LogP contribution is -2.61. The third kappa shape index (κ3) is 4.41. The van der Waals surface area contributed by atoms with Gasteiger partial charge in [0.2, 0.25) is 11.8 Å². The molecule has 2 amide bonds. The Kier molecular flexibility index (Phi) is 6.77. The molecule has 5 nitrogen and oxygen atoms in total. The van der Waals surface area contributed by atoms with Crippen molar-refractivity contribution in [3.8, 4) is 0 Å². The number of rotatable bonds is 6. The predicted molar refractivity (Wildman–Crippen MR) is 119 cm³/mol. The zero-order valence-corrected chi connectivity index (χ0v) is 18.5. The lowest BCUT2D eigenvalue weighted by Gasteiger charge is -2.45. The Labute approximate surface area is 181 Å². The number of piperidine rings is 2. The van der Waals surface area contributed by atoms with E-state index in [0.29, 0.717) is 12.3 Å². The molecule has 1 aromatic carbocycles. The van der Waals surface area contributed by atoms with Crippen molar-refractivity contribution in [3.05, 3.63) is 35.9 Å². The number of carbonyl (C=O) groups excluding carboxylic acids is 2. The molecule has 5 heteroatoms. The fraction of sp³-hybridized carbons (Fsp3) is 0.680. The van der Waals surface area contributed by atoms with E-state index in [9.17, 15) is 9.59 Å². The molecule has 3 saturated heterocycles. The highest BCUT2D eigenvalue weighted by Gasteiger charge is 2.52. The molecule has 0 saturated carbocycles. The van der Waals surface area contributed by atoms with E-state index in [1.165, 1.54) is 5.56 Å². The first-order chi connectivity index (χ1) is 14.6. The van der Waals surface area contributed by atoms with Gasteiger partial charge in [-0.05, 0) is 69.5 Å². The Bertz CT molecular complexity index is 727. The van der Waals surface area contributed by atoms with Crippen molar-refractivity contribution in [1.29, 1.82) is 0 Å². The molecule has 1 atom stereocenters. The van der Waals surface area contributed by atoms with E-state index in [1.54, 1.807) is 0 Å². The lowest BCUT2D eigenvalue weighted by molar-refractivity contribution is -0.156. The van der Waals surface area contributed by atoms with Crippen molar-refractivity contribution in [2.24, 2.45) is 5.92 Å². The quantitative estimate of drug-likeness (QED) is 0.717. The third-order valence-corrected chi connectivity index (χ3v) is 7.41. The first-order valence-corrected chi connectivity index (χ1v) is 12.0. The molecule has 0 aromatic heterocycles. The lowest BCUT2D eigenvalue weighted by atomic mass is 9.84. The summed E-state index contributed by atoms with van der Waals surface area (Å²) >= 11 is 0. The van der Waals surface area contributed by atoms with Crippen LogP contribution in [0.25, 0.3) is 0 Å². The highest BCUT2D eigenvalue weighted by molar-refractivity contribution is 5.92. The second kappa shape index (κ2) is 9.51. The maximum Gasteiger partial charge on any atom is 0.248 e. The van der Waals surface area contributed by atoms with Crippen LogP contribution < -0.4 is 0 Å². The maximum absolute atomic E-state index is 13.3. The molecule has 0 aliphatic carbocycles. The normalized spacial score (nSPS) is 26.0. The number of likely N-dealkylation sites (tertiary alicyclic amines) is 3. The van der Waals surface area contributed by atoms with Crippen molar-refractivity contribution in [2.45, 2.75) is 70.4 Å². The predicted octanol–water partition coefficient (Wildman–Crippen LogP) is 3.68. The summed E-state index contributed by atoms with van der Waals surface area (Å²) in [7, 11) is 0. The van der Waals surface area contributed by atoms with Gasteiger partial charge < -0.3 is 9.80 Å². The van der Waals surface area contributed by atoms with Crippen LogP contribution in [0.2, 0.25) is 0 Å². The minimum atomic E-state index is -0.529. The number of nitrogens with zero attached hydrogens (tertiary/aromatic N) is 3. The zero-order chi connectivity index (χ0) is 21.0. The summed E-state index contributed by atoms with van der Waals surface area (Å²) < 4.78 is 0. The van der Waals surface area contributed by atoms with Crippen LogP contribution in [0.4, 0.5) is 0 Å². The van der Waals surface area contributed by atoms with E-state index in [4.69, 9.17) is 0 Å². The van der Waals surface area contributed by atoms with Crippen molar-refractivity contribution in [3.63, 3.8) is 0 Å². The van der Waals surface area contributed by atoms with Crippen molar-refractivity contribution >= 4 is 11.8 Å². The summed E-state index contributed by atoms with van der Waals surface area (Å²) in [6, 6.07) is 10.6. The van der Waals surface area contributed by atoms with Crippen LogP contribution in [0.5, 0.6) is 0 Å². The van der Waals surface area contributed by atoms with Gasteiger partial charge in [0.05, 0.1) is 0 Å². The van der Waals surface area contributed by atoms with Crippen LogP contribution in [-0.2, 0) is 16.1 Å². The molecule has 1 spiro atoms. The Hall–Kier alpha value is -1.88. The topological polar surface area (TPSA) is 43.9 Å². The Morgan fingerprint density at radius 1 is 1.03 bits per heavy atom. The van der Waals surface area contributed by atoms with Gasteiger partial charge in [-0.25, -0.2) is 0 Å². The summed E-state index contributed by atoms with van der Waals surface area (Å²) in [5, 5.41) is 0. The van der Waals surface area contributed by atoms with E-state index in [1.807, 2.05) is 9.80 Å². The average Bonchev–Trinajstić information content (AvgIpc) is 3.18. The molecular formula is C25H37N3O2. The number of amides is 2. The Morgan fingerprint density at radius 3 is 2.43 bits per heavy atom. The van der Waals surface area contributed by atoms with Crippen LogP contribution >= 0.6 is 0 Å². The van der Waals surface area contributed by atoms with Crippen molar-refractivity contribution in [2.75, 3.05) is 32.7 Å². The van der Waals surface area contributed by atoms with E-state index >= 15 is 0 Å². The molecule has 30 heavy (non-hydrogen) atoms. The molecular weight excluding hydrogens is 374 g/mol. The van der Waals surface area contributed by atoms with E-state index in [2.05, 4.69) is 42.2 Å². The van der Waals surface area contributed by atoms with E-state index in [0.717, 1.165) is 84.2 Å². The fourth-order valence-electron chi connectivity index (χ4n) is 5.82. The molecule has 164 valence electrons. The van der Waals surface area contributed by atoms with Gasteiger partial charge in [0.25, 0.3) is 0 Å². The Morgan fingerprint density at radius 2 is 1.73 bits per heavy atom. The summed E-state index contributed by atoms with van der Waals surface area (Å²) in [5.74, 6) is 0.896. The van der Waals surface area contributed by atoms with Gasteiger partial charge in [0.1, 0.15) is 5.54 Å².